The van der Waals surface area contributed by atoms with E-state index in [-0.39, 0.29) is 11.3 Å². The Kier molecular flexibility index (Phi) is 4.09. The summed E-state index contributed by atoms with van der Waals surface area (Å²) in [4.78, 5) is 16.4. The molecule has 0 saturated carbocycles. The second-order valence-electron chi connectivity index (χ2n) is 5.49. The van der Waals surface area contributed by atoms with Gasteiger partial charge in [-0.3, -0.25) is 4.79 Å². The molecular weight excluding hydrogens is 278 g/mol. The first-order valence-electron chi connectivity index (χ1n) is 6.22. The highest BCUT2D eigenvalue weighted by atomic mass is 35.5. The Morgan fingerprint density at radius 3 is 2.75 bits per heavy atom. The SMILES string of the molecule is CC(C)(C)c1cc(C(=O)NCc2ccon2)cc(Cl)n1. The average molecular weight is 294 g/mol. The third-order valence-electron chi connectivity index (χ3n) is 2.75. The van der Waals surface area contributed by atoms with Crippen LogP contribution in [0.1, 0.15) is 42.5 Å². The van der Waals surface area contributed by atoms with E-state index in [9.17, 15) is 4.79 Å². The molecule has 5 nitrogen and oxygen atoms in total. The number of amides is 1. The van der Waals surface area contributed by atoms with Gasteiger partial charge in [0.1, 0.15) is 17.1 Å². The number of carbonyl (C=O) groups is 1. The second-order valence-corrected chi connectivity index (χ2v) is 5.87. The van der Waals surface area contributed by atoms with Crippen molar-refractivity contribution in [3.8, 4) is 0 Å². The summed E-state index contributed by atoms with van der Waals surface area (Å²) in [6, 6.07) is 5.00. The zero-order valence-electron chi connectivity index (χ0n) is 11.6. The van der Waals surface area contributed by atoms with Crippen LogP contribution < -0.4 is 5.32 Å². The third kappa shape index (κ3) is 3.57. The number of halogens is 1. The van der Waals surface area contributed by atoms with E-state index in [1.807, 2.05) is 20.8 Å². The summed E-state index contributed by atoms with van der Waals surface area (Å²) in [5, 5.41) is 6.80. The summed E-state index contributed by atoms with van der Waals surface area (Å²) in [6.07, 6.45) is 1.46. The Bertz CT molecular complexity index is 603. The van der Waals surface area contributed by atoms with Crippen LogP contribution in [0.4, 0.5) is 0 Å². The Balaban J connectivity index is 2.15. The van der Waals surface area contributed by atoms with E-state index in [1.165, 1.54) is 6.26 Å². The Morgan fingerprint density at radius 1 is 1.40 bits per heavy atom. The van der Waals surface area contributed by atoms with E-state index in [4.69, 9.17) is 16.1 Å². The first kappa shape index (κ1) is 14.5. The van der Waals surface area contributed by atoms with Crippen molar-refractivity contribution in [2.75, 3.05) is 0 Å². The van der Waals surface area contributed by atoms with E-state index >= 15 is 0 Å². The van der Waals surface area contributed by atoms with Crippen LogP contribution in [0.15, 0.2) is 29.0 Å². The van der Waals surface area contributed by atoms with Crippen molar-refractivity contribution in [1.82, 2.24) is 15.5 Å². The number of carbonyl (C=O) groups excluding carboxylic acids is 1. The van der Waals surface area contributed by atoms with Crippen LogP contribution in [0, 0.1) is 0 Å². The molecule has 0 aliphatic heterocycles. The van der Waals surface area contributed by atoms with Crippen LogP contribution in [0.2, 0.25) is 5.15 Å². The van der Waals surface area contributed by atoms with Crippen molar-refractivity contribution < 1.29 is 9.32 Å². The van der Waals surface area contributed by atoms with Crippen LogP contribution in [0.3, 0.4) is 0 Å². The molecule has 0 radical (unpaired) electrons. The minimum atomic E-state index is -0.220. The molecule has 0 saturated heterocycles. The lowest BCUT2D eigenvalue weighted by Gasteiger charge is -2.18. The summed E-state index contributed by atoms with van der Waals surface area (Å²) in [7, 11) is 0. The van der Waals surface area contributed by atoms with Gasteiger partial charge >= 0.3 is 0 Å². The van der Waals surface area contributed by atoms with E-state index in [1.54, 1.807) is 18.2 Å². The standard InChI is InChI=1S/C14H16ClN3O2/c1-14(2,3)11-6-9(7-12(15)17-11)13(19)16-8-10-4-5-20-18-10/h4-7H,8H2,1-3H3,(H,16,19). The first-order chi connectivity index (χ1) is 9.36. The largest absolute Gasteiger partial charge is 0.364 e. The third-order valence-corrected chi connectivity index (χ3v) is 2.94. The highest BCUT2D eigenvalue weighted by Gasteiger charge is 2.19. The lowest BCUT2D eigenvalue weighted by Crippen LogP contribution is -2.24. The monoisotopic (exact) mass is 293 g/mol. The van der Waals surface area contributed by atoms with E-state index in [0.29, 0.717) is 23.0 Å². The molecule has 0 aliphatic carbocycles. The topological polar surface area (TPSA) is 68.0 Å². The number of hydrogen-bond acceptors (Lipinski definition) is 4. The summed E-state index contributed by atoms with van der Waals surface area (Å²) in [5.41, 5.74) is 1.75. The van der Waals surface area contributed by atoms with Gasteiger partial charge in [-0.1, -0.05) is 37.5 Å². The van der Waals surface area contributed by atoms with Crippen molar-refractivity contribution >= 4 is 17.5 Å². The lowest BCUT2D eigenvalue weighted by molar-refractivity contribution is 0.0950. The van der Waals surface area contributed by atoms with Gasteiger partial charge < -0.3 is 9.84 Å². The molecule has 2 aromatic heterocycles. The smallest absolute Gasteiger partial charge is 0.251 e. The molecule has 1 N–H and O–H groups in total. The second kappa shape index (κ2) is 5.63. The maximum atomic E-state index is 12.1. The minimum absolute atomic E-state index is 0.175. The molecular formula is C14H16ClN3O2. The Morgan fingerprint density at radius 2 is 2.15 bits per heavy atom. The highest BCUT2D eigenvalue weighted by Crippen LogP contribution is 2.23. The molecule has 0 bridgehead atoms. The Labute approximate surface area is 122 Å². The molecule has 2 heterocycles. The molecule has 2 rings (SSSR count). The van der Waals surface area contributed by atoms with Crippen molar-refractivity contribution in [2.45, 2.75) is 32.7 Å². The van der Waals surface area contributed by atoms with E-state index in [2.05, 4.69) is 15.5 Å². The van der Waals surface area contributed by atoms with E-state index < -0.39 is 0 Å². The van der Waals surface area contributed by atoms with Gasteiger partial charge in [0, 0.05) is 22.7 Å². The van der Waals surface area contributed by atoms with Gasteiger partial charge in [0.25, 0.3) is 5.91 Å². The average Bonchev–Trinajstić information content (AvgIpc) is 2.87. The zero-order valence-corrected chi connectivity index (χ0v) is 12.4. The van der Waals surface area contributed by atoms with Gasteiger partial charge in [-0.2, -0.15) is 0 Å². The van der Waals surface area contributed by atoms with E-state index in [0.717, 1.165) is 5.69 Å². The molecule has 1 amide bonds. The molecule has 0 unspecified atom stereocenters. The van der Waals surface area contributed by atoms with Crippen LogP contribution >= 0.6 is 11.6 Å². The normalized spacial score (nSPS) is 11.4. The summed E-state index contributed by atoms with van der Waals surface area (Å²) in [5.74, 6) is -0.220. The number of nitrogens with zero attached hydrogens (tertiary/aromatic N) is 2. The van der Waals surface area contributed by atoms with Gasteiger partial charge in [0.2, 0.25) is 0 Å². The van der Waals surface area contributed by atoms with Crippen molar-refractivity contribution in [3.63, 3.8) is 0 Å². The van der Waals surface area contributed by atoms with Gasteiger partial charge in [-0.15, -0.1) is 0 Å². The van der Waals surface area contributed by atoms with Crippen LogP contribution in [0.25, 0.3) is 0 Å². The maximum absolute atomic E-state index is 12.1. The fourth-order valence-electron chi connectivity index (χ4n) is 1.61. The summed E-state index contributed by atoms with van der Waals surface area (Å²) < 4.78 is 4.70. The lowest BCUT2D eigenvalue weighted by atomic mass is 9.91. The number of hydrogen-bond donors (Lipinski definition) is 1. The molecule has 0 atom stereocenters. The maximum Gasteiger partial charge on any atom is 0.251 e. The number of pyridine rings is 1. The zero-order chi connectivity index (χ0) is 14.8. The molecule has 20 heavy (non-hydrogen) atoms. The molecule has 0 fully saturated rings. The van der Waals surface area contributed by atoms with Crippen molar-refractivity contribution in [1.29, 1.82) is 0 Å². The quantitative estimate of drug-likeness (QED) is 0.884. The van der Waals surface area contributed by atoms with Crippen LogP contribution in [-0.4, -0.2) is 16.0 Å². The summed E-state index contributed by atoms with van der Waals surface area (Å²) in [6.45, 7) is 6.36. The van der Waals surface area contributed by atoms with Crippen molar-refractivity contribution in [2.24, 2.45) is 0 Å². The minimum Gasteiger partial charge on any atom is -0.364 e. The molecule has 106 valence electrons. The fraction of sp³-hybridized carbons (Fsp3) is 0.357. The highest BCUT2D eigenvalue weighted by molar-refractivity contribution is 6.29. The molecule has 0 aliphatic rings. The van der Waals surface area contributed by atoms with Gasteiger partial charge in [0.15, 0.2) is 0 Å². The number of aromatic nitrogens is 2. The number of rotatable bonds is 3. The van der Waals surface area contributed by atoms with Crippen LogP contribution in [-0.2, 0) is 12.0 Å². The fourth-order valence-corrected chi connectivity index (χ4v) is 1.82. The molecule has 0 spiro atoms. The van der Waals surface area contributed by atoms with Gasteiger partial charge in [-0.05, 0) is 12.1 Å². The van der Waals surface area contributed by atoms with Gasteiger partial charge in [0.05, 0.1) is 6.54 Å². The predicted octanol–water partition coefficient (Wildman–Crippen LogP) is 2.95. The molecule has 2 aromatic rings. The van der Waals surface area contributed by atoms with Crippen molar-refractivity contribution in [3.05, 3.63) is 46.6 Å². The molecule has 0 aromatic carbocycles. The number of nitrogens with one attached hydrogen (secondary N) is 1. The molecule has 6 heteroatoms. The van der Waals surface area contributed by atoms with Gasteiger partial charge in [-0.25, -0.2) is 4.98 Å². The Hall–Kier alpha value is -1.88. The first-order valence-corrected chi connectivity index (χ1v) is 6.59. The van der Waals surface area contributed by atoms with Crippen LogP contribution in [0.5, 0.6) is 0 Å². The summed E-state index contributed by atoms with van der Waals surface area (Å²) >= 11 is 5.98. The predicted molar refractivity (Wildman–Crippen MR) is 75.6 cm³/mol.